The molecule has 0 radical (unpaired) electrons. The Morgan fingerprint density at radius 3 is 2.37 bits per heavy atom. The summed E-state index contributed by atoms with van der Waals surface area (Å²) in [7, 11) is -3.76. The van der Waals surface area contributed by atoms with Crippen LogP contribution in [0.1, 0.15) is 35.0 Å². The Kier molecular flexibility index (Phi) is 6.56. The first-order valence-electron chi connectivity index (χ1n) is 9.67. The van der Waals surface area contributed by atoms with Gasteiger partial charge in [-0.2, -0.15) is 18.6 Å². The van der Waals surface area contributed by atoms with Crippen LogP contribution in [0.4, 0.5) is 0 Å². The van der Waals surface area contributed by atoms with Gasteiger partial charge in [-0.3, -0.25) is 4.68 Å². The Morgan fingerprint density at radius 1 is 1.07 bits per heavy atom. The quantitative estimate of drug-likeness (QED) is 0.441. The molecule has 0 fully saturated rings. The van der Waals surface area contributed by atoms with E-state index in [0.29, 0.717) is 18.9 Å². The minimum absolute atomic E-state index is 0.117. The van der Waals surface area contributed by atoms with Crippen LogP contribution in [-0.2, 0) is 16.6 Å². The maximum atomic E-state index is 12.4. The molecule has 30 heavy (non-hydrogen) atoms. The summed E-state index contributed by atoms with van der Waals surface area (Å²) < 4.78 is 32.1. The zero-order chi connectivity index (χ0) is 21.7. The summed E-state index contributed by atoms with van der Waals surface area (Å²) in [6, 6.07) is 14.5. The maximum absolute atomic E-state index is 12.4. The first-order chi connectivity index (χ1) is 14.3. The molecule has 1 aromatic heterocycles. The molecule has 0 saturated heterocycles. The Labute approximate surface area is 177 Å². The second kappa shape index (κ2) is 9.13. The first kappa shape index (κ1) is 21.6. The van der Waals surface area contributed by atoms with Crippen LogP contribution in [0.25, 0.3) is 0 Å². The van der Waals surface area contributed by atoms with Crippen molar-refractivity contribution < 1.29 is 13.2 Å². The van der Waals surface area contributed by atoms with Gasteiger partial charge in [0.15, 0.2) is 0 Å². The van der Waals surface area contributed by atoms with Gasteiger partial charge in [-0.1, -0.05) is 29.8 Å². The van der Waals surface area contributed by atoms with E-state index < -0.39 is 10.0 Å². The molecule has 1 N–H and O–H groups in total. The van der Waals surface area contributed by atoms with E-state index in [1.807, 2.05) is 25.5 Å². The molecular formula is C22H26N4O3S. The molecular weight excluding hydrogens is 400 g/mol. The van der Waals surface area contributed by atoms with Gasteiger partial charge in [0.2, 0.25) is 0 Å². The van der Waals surface area contributed by atoms with Gasteiger partial charge in [0.25, 0.3) is 10.0 Å². The summed E-state index contributed by atoms with van der Waals surface area (Å²) in [4.78, 5) is 2.38. The van der Waals surface area contributed by atoms with E-state index >= 15 is 0 Å². The highest BCUT2D eigenvalue weighted by Crippen LogP contribution is 2.16. The van der Waals surface area contributed by atoms with Crippen LogP contribution in [-0.4, -0.2) is 31.0 Å². The van der Waals surface area contributed by atoms with Crippen molar-refractivity contribution in [3.63, 3.8) is 0 Å². The molecule has 0 atom stereocenters. The minimum atomic E-state index is -3.76. The van der Waals surface area contributed by atoms with Crippen molar-refractivity contribution in [1.29, 1.82) is 0 Å². The molecule has 0 aliphatic heterocycles. The molecule has 0 amide bonds. The standard InChI is InChI=1S/C22H26N4O3S/c1-5-29-20-10-12-21(13-11-20)30(27,28)25-23-14-22-17(3)24-26(18(22)4)15-19-8-6-16(2)7-9-19/h6-14,25H,5,15H2,1-4H3/b23-14+. The summed E-state index contributed by atoms with van der Waals surface area (Å²) in [6.45, 7) is 8.89. The molecule has 7 nitrogen and oxygen atoms in total. The summed E-state index contributed by atoms with van der Waals surface area (Å²) >= 11 is 0. The number of nitrogens with zero attached hydrogens (tertiary/aromatic N) is 3. The summed E-state index contributed by atoms with van der Waals surface area (Å²) in [5.41, 5.74) is 4.84. The molecule has 0 spiro atoms. The SMILES string of the molecule is CCOc1ccc(S(=O)(=O)N/N=C/c2c(C)nn(Cc3ccc(C)cc3)c2C)cc1. The normalized spacial score (nSPS) is 11.7. The fraction of sp³-hybridized carbons (Fsp3) is 0.273. The largest absolute Gasteiger partial charge is 0.494 e. The Balaban J connectivity index is 1.72. The monoisotopic (exact) mass is 426 g/mol. The second-order valence-corrected chi connectivity index (χ2v) is 8.65. The number of sulfonamides is 1. The number of hydrogen-bond donors (Lipinski definition) is 1. The van der Waals surface area contributed by atoms with Gasteiger partial charge >= 0.3 is 0 Å². The van der Waals surface area contributed by atoms with Crippen LogP contribution in [0.5, 0.6) is 5.75 Å². The Hall–Kier alpha value is -3.13. The van der Waals surface area contributed by atoms with Crippen LogP contribution >= 0.6 is 0 Å². The molecule has 0 bridgehead atoms. The molecule has 3 aromatic rings. The van der Waals surface area contributed by atoms with Gasteiger partial charge in [0.1, 0.15) is 5.75 Å². The van der Waals surface area contributed by atoms with Crippen molar-refractivity contribution in [2.45, 2.75) is 39.1 Å². The van der Waals surface area contributed by atoms with Crippen molar-refractivity contribution >= 4 is 16.2 Å². The number of rotatable bonds is 8. The number of aryl methyl sites for hydroxylation is 2. The number of aromatic nitrogens is 2. The van der Waals surface area contributed by atoms with E-state index in [-0.39, 0.29) is 4.90 Å². The zero-order valence-electron chi connectivity index (χ0n) is 17.6. The van der Waals surface area contributed by atoms with Crippen molar-refractivity contribution in [2.24, 2.45) is 5.10 Å². The summed E-state index contributed by atoms with van der Waals surface area (Å²) in [6.07, 6.45) is 1.50. The molecule has 0 aliphatic rings. The average molecular weight is 427 g/mol. The highest BCUT2D eigenvalue weighted by molar-refractivity contribution is 7.89. The average Bonchev–Trinajstić information content (AvgIpc) is 2.97. The topological polar surface area (TPSA) is 85.6 Å². The second-order valence-electron chi connectivity index (χ2n) is 6.99. The third kappa shape index (κ3) is 5.07. The van der Waals surface area contributed by atoms with Gasteiger partial charge in [-0.05, 0) is 57.5 Å². The van der Waals surface area contributed by atoms with E-state index in [1.54, 1.807) is 12.1 Å². The zero-order valence-corrected chi connectivity index (χ0v) is 18.4. The maximum Gasteiger partial charge on any atom is 0.276 e. The van der Waals surface area contributed by atoms with E-state index in [1.165, 1.54) is 23.9 Å². The third-order valence-corrected chi connectivity index (χ3v) is 5.94. The molecule has 2 aromatic carbocycles. The van der Waals surface area contributed by atoms with Crippen LogP contribution in [0.2, 0.25) is 0 Å². The van der Waals surface area contributed by atoms with Crippen LogP contribution in [0, 0.1) is 20.8 Å². The van der Waals surface area contributed by atoms with Crippen LogP contribution in [0.15, 0.2) is 58.5 Å². The lowest BCUT2D eigenvalue weighted by molar-refractivity contribution is 0.340. The molecule has 0 aliphatic carbocycles. The number of hydrazone groups is 1. The summed E-state index contributed by atoms with van der Waals surface area (Å²) in [5, 5.41) is 8.52. The Bertz CT molecular complexity index is 1130. The molecule has 0 unspecified atom stereocenters. The fourth-order valence-corrected chi connectivity index (χ4v) is 3.80. The van der Waals surface area contributed by atoms with Gasteiger partial charge in [0.05, 0.1) is 30.0 Å². The lowest BCUT2D eigenvalue weighted by Gasteiger charge is -2.06. The lowest BCUT2D eigenvalue weighted by atomic mass is 10.1. The van der Waals surface area contributed by atoms with Crippen molar-refractivity contribution in [3.8, 4) is 5.75 Å². The number of hydrogen-bond acceptors (Lipinski definition) is 5. The molecule has 8 heteroatoms. The highest BCUT2D eigenvalue weighted by atomic mass is 32.2. The van der Waals surface area contributed by atoms with Gasteiger partial charge in [0, 0.05) is 11.3 Å². The predicted molar refractivity (Wildman–Crippen MR) is 118 cm³/mol. The van der Waals surface area contributed by atoms with Gasteiger partial charge < -0.3 is 4.74 Å². The van der Waals surface area contributed by atoms with E-state index in [0.717, 1.165) is 22.5 Å². The van der Waals surface area contributed by atoms with Crippen molar-refractivity contribution in [2.75, 3.05) is 6.61 Å². The van der Waals surface area contributed by atoms with Gasteiger partial charge in [-0.25, -0.2) is 4.83 Å². The number of nitrogens with one attached hydrogen (secondary N) is 1. The fourth-order valence-electron chi connectivity index (χ4n) is 3.01. The van der Waals surface area contributed by atoms with Crippen molar-refractivity contribution in [3.05, 3.63) is 76.6 Å². The molecule has 3 rings (SSSR count). The third-order valence-electron chi connectivity index (χ3n) is 4.70. The van der Waals surface area contributed by atoms with E-state index in [9.17, 15) is 8.42 Å². The van der Waals surface area contributed by atoms with Gasteiger partial charge in [-0.15, -0.1) is 0 Å². The van der Waals surface area contributed by atoms with Crippen LogP contribution < -0.4 is 9.57 Å². The number of ether oxygens (including phenoxy) is 1. The predicted octanol–water partition coefficient (Wildman–Crippen LogP) is 3.57. The first-order valence-corrected chi connectivity index (χ1v) is 11.2. The van der Waals surface area contributed by atoms with Crippen molar-refractivity contribution in [1.82, 2.24) is 14.6 Å². The Morgan fingerprint density at radius 2 is 1.73 bits per heavy atom. The molecule has 0 saturated carbocycles. The molecule has 1 heterocycles. The van der Waals surface area contributed by atoms with Crippen LogP contribution in [0.3, 0.4) is 0 Å². The van der Waals surface area contributed by atoms with E-state index in [2.05, 4.69) is 46.2 Å². The van der Waals surface area contributed by atoms with E-state index in [4.69, 9.17) is 4.74 Å². The minimum Gasteiger partial charge on any atom is -0.494 e. The highest BCUT2D eigenvalue weighted by Gasteiger charge is 2.14. The summed E-state index contributed by atoms with van der Waals surface area (Å²) in [5.74, 6) is 0.618. The number of benzene rings is 2. The molecule has 158 valence electrons. The smallest absolute Gasteiger partial charge is 0.276 e. The lowest BCUT2D eigenvalue weighted by Crippen LogP contribution is -2.18.